The van der Waals surface area contributed by atoms with Gasteiger partial charge in [0.1, 0.15) is 5.75 Å². The molecule has 21 heavy (non-hydrogen) atoms. The summed E-state index contributed by atoms with van der Waals surface area (Å²) >= 11 is 3.33. The Morgan fingerprint density at radius 2 is 2.19 bits per heavy atom. The number of hydrogen-bond donors (Lipinski definition) is 1. The van der Waals surface area contributed by atoms with Crippen LogP contribution >= 0.6 is 15.9 Å². The van der Waals surface area contributed by atoms with Crippen LogP contribution in [0.25, 0.3) is 0 Å². The Bertz CT molecular complexity index is 606. The van der Waals surface area contributed by atoms with Gasteiger partial charge in [-0.3, -0.25) is 0 Å². The van der Waals surface area contributed by atoms with E-state index in [1.165, 1.54) is 0 Å². The summed E-state index contributed by atoms with van der Waals surface area (Å²) in [5.74, 6) is 1.11. The van der Waals surface area contributed by atoms with Crippen molar-refractivity contribution >= 4 is 26.0 Å². The van der Waals surface area contributed by atoms with E-state index >= 15 is 0 Å². The number of sulfonamides is 1. The fourth-order valence-electron chi connectivity index (χ4n) is 2.70. The summed E-state index contributed by atoms with van der Waals surface area (Å²) in [7, 11) is -1.98. The molecule has 7 heteroatoms. The number of halogens is 1. The highest BCUT2D eigenvalue weighted by atomic mass is 79.9. The Morgan fingerprint density at radius 1 is 1.48 bits per heavy atom. The zero-order chi connectivity index (χ0) is 15.6. The molecule has 5 nitrogen and oxygen atoms in total. The third kappa shape index (κ3) is 3.41. The molecule has 2 unspecified atom stereocenters. The van der Waals surface area contributed by atoms with Gasteiger partial charge in [0.2, 0.25) is 10.0 Å². The van der Waals surface area contributed by atoms with Crippen molar-refractivity contribution < 1.29 is 13.2 Å². The Balaban J connectivity index is 2.34. The molecule has 0 aliphatic carbocycles. The molecule has 2 rings (SSSR count). The van der Waals surface area contributed by atoms with E-state index < -0.39 is 10.0 Å². The molecule has 1 saturated heterocycles. The van der Waals surface area contributed by atoms with Gasteiger partial charge in [0.15, 0.2) is 0 Å². The number of piperidine rings is 1. The third-order valence-electron chi connectivity index (χ3n) is 3.93. The maximum Gasteiger partial charge on any atom is 0.243 e. The minimum Gasteiger partial charge on any atom is -0.496 e. The van der Waals surface area contributed by atoms with Crippen molar-refractivity contribution in [3.05, 3.63) is 22.7 Å². The maximum atomic E-state index is 12.8. The molecule has 2 N–H and O–H groups in total. The lowest BCUT2D eigenvalue weighted by Gasteiger charge is -2.36. The molecule has 0 aromatic heterocycles. The molecular weight excluding hydrogens is 356 g/mol. The summed E-state index contributed by atoms with van der Waals surface area (Å²) < 4.78 is 33.0. The second-order valence-corrected chi connectivity index (χ2v) is 8.18. The molecular formula is C14H21BrN2O3S. The smallest absolute Gasteiger partial charge is 0.243 e. The van der Waals surface area contributed by atoms with E-state index in [1.807, 2.05) is 0 Å². The second kappa shape index (κ2) is 6.64. The summed E-state index contributed by atoms with van der Waals surface area (Å²) in [5.41, 5.74) is 5.77. The van der Waals surface area contributed by atoms with Crippen LogP contribution in [-0.2, 0) is 10.0 Å². The number of nitrogens with two attached hydrogens (primary N) is 1. The van der Waals surface area contributed by atoms with Gasteiger partial charge in [-0.25, -0.2) is 8.42 Å². The minimum absolute atomic E-state index is 0.125. The molecule has 2 atom stereocenters. The lowest BCUT2D eigenvalue weighted by Crippen LogP contribution is -2.49. The lowest BCUT2D eigenvalue weighted by atomic mass is 9.94. The monoisotopic (exact) mass is 376 g/mol. The summed E-state index contributed by atoms with van der Waals surface area (Å²) in [6, 6.07) is 4.69. The quantitative estimate of drug-likeness (QED) is 0.873. The molecule has 0 spiro atoms. The van der Waals surface area contributed by atoms with Crippen molar-refractivity contribution in [2.45, 2.75) is 30.7 Å². The normalized spacial score (nSPS) is 24.0. The molecule has 1 aliphatic heterocycles. The van der Waals surface area contributed by atoms with Gasteiger partial charge in [0.05, 0.1) is 16.5 Å². The zero-order valence-corrected chi connectivity index (χ0v) is 14.7. The zero-order valence-electron chi connectivity index (χ0n) is 12.3. The number of nitrogens with zero attached hydrogens (tertiary/aromatic N) is 1. The highest BCUT2D eigenvalue weighted by Crippen LogP contribution is 2.32. The summed E-state index contributed by atoms with van der Waals surface area (Å²) in [6.07, 6.45) is 1.68. The van der Waals surface area contributed by atoms with Gasteiger partial charge >= 0.3 is 0 Å². The van der Waals surface area contributed by atoms with Crippen LogP contribution in [0.3, 0.4) is 0 Å². The summed E-state index contributed by atoms with van der Waals surface area (Å²) in [4.78, 5) is 0.267. The van der Waals surface area contributed by atoms with Crippen molar-refractivity contribution in [1.82, 2.24) is 4.31 Å². The summed E-state index contributed by atoms with van der Waals surface area (Å²) in [5, 5.41) is 0. The predicted octanol–water partition coefficient (Wildman–Crippen LogP) is 2.21. The Hall–Kier alpha value is -0.630. The third-order valence-corrected chi connectivity index (χ3v) is 6.49. The SMILES string of the molecule is COc1ccc(S(=O)(=O)N2CCC(C)CC2CN)cc1Br. The largest absolute Gasteiger partial charge is 0.496 e. The Morgan fingerprint density at radius 3 is 2.76 bits per heavy atom. The molecule has 1 heterocycles. The van der Waals surface area contributed by atoms with Gasteiger partial charge in [-0.1, -0.05) is 6.92 Å². The number of ether oxygens (including phenoxy) is 1. The van der Waals surface area contributed by atoms with E-state index in [0.29, 0.717) is 29.2 Å². The van der Waals surface area contributed by atoms with Crippen LogP contribution in [0.2, 0.25) is 0 Å². The van der Waals surface area contributed by atoms with Gasteiger partial charge in [0.25, 0.3) is 0 Å². The first-order valence-electron chi connectivity index (χ1n) is 6.95. The van der Waals surface area contributed by atoms with Gasteiger partial charge in [0, 0.05) is 19.1 Å². The van der Waals surface area contributed by atoms with Gasteiger partial charge in [-0.2, -0.15) is 4.31 Å². The Labute approximate surface area is 134 Å². The fourth-order valence-corrected chi connectivity index (χ4v) is 5.08. The molecule has 0 bridgehead atoms. The predicted molar refractivity (Wildman–Crippen MR) is 85.8 cm³/mol. The van der Waals surface area contributed by atoms with E-state index in [2.05, 4.69) is 22.9 Å². The van der Waals surface area contributed by atoms with Crippen LogP contribution in [0.1, 0.15) is 19.8 Å². The van der Waals surface area contributed by atoms with Crippen molar-refractivity contribution in [2.24, 2.45) is 11.7 Å². The van der Waals surface area contributed by atoms with Crippen LogP contribution in [0, 0.1) is 5.92 Å². The number of hydrogen-bond acceptors (Lipinski definition) is 4. The first-order chi connectivity index (χ1) is 9.90. The van der Waals surface area contributed by atoms with Crippen molar-refractivity contribution in [3.63, 3.8) is 0 Å². The van der Waals surface area contributed by atoms with Crippen LogP contribution in [0.15, 0.2) is 27.6 Å². The van der Waals surface area contributed by atoms with Crippen molar-refractivity contribution in [2.75, 3.05) is 20.2 Å². The first-order valence-corrected chi connectivity index (χ1v) is 9.19. The summed E-state index contributed by atoms with van der Waals surface area (Å²) in [6.45, 7) is 3.01. The molecule has 1 aliphatic rings. The molecule has 118 valence electrons. The van der Waals surface area contributed by atoms with Crippen LogP contribution in [0.4, 0.5) is 0 Å². The molecule has 1 aromatic rings. The van der Waals surface area contributed by atoms with Crippen LogP contribution in [-0.4, -0.2) is 39.0 Å². The number of methoxy groups -OCH3 is 1. The molecule has 0 saturated carbocycles. The van der Waals surface area contributed by atoms with Gasteiger partial charge in [-0.05, 0) is 52.9 Å². The number of benzene rings is 1. The number of rotatable bonds is 4. The van der Waals surface area contributed by atoms with Crippen molar-refractivity contribution in [3.8, 4) is 5.75 Å². The molecule has 1 aromatic carbocycles. The van der Waals surface area contributed by atoms with Gasteiger partial charge in [-0.15, -0.1) is 0 Å². The average Bonchev–Trinajstić information content (AvgIpc) is 2.46. The van der Waals surface area contributed by atoms with E-state index in [9.17, 15) is 8.42 Å². The standard InChI is InChI=1S/C14H21BrN2O3S/c1-10-5-6-17(11(7-10)9-16)21(18,19)12-3-4-14(20-2)13(15)8-12/h3-4,8,10-11H,5-7,9,16H2,1-2H3. The van der Waals surface area contributed by atoms with E-state index in [1.54, 1.807) is 29.6 Å². The topological polar surface area (TPSA) is 72.6 Å². The highest BCUT2D eigenvalue weighted by Gasteiger charge is 2.35. The van der Waals surface area contributed by atoms with Gasteiger partial charge < -0.3 is 10.5 Å². The van der Waals surface area contributed by atoms with E-state index in [4.69, 9.17) is 10.5 Å². The van der Waals surface area contributed by atoms with Crippen LogP contribution < -0.4 is 10.5 Å². The average molecular weight is 377 g/mol. The minimum atomic E-state index is -3.53. The first kappa shape index (κ1) is 16.7. The Kier molecular flexibility index (Phi) is 5.29. The fraction of sp³-hybridized carbons (Fsp3) is 0.571. The maximum absolute atomic E-state index is 12.8. The van der Waals surface area contributed by atoms with Crippen LogP contribution in [0.5, 0.6) is 5.75 Å². The van der Waals surface area contributed by atoms with E-state index in [-0.39, 0.29) is 10.9 Å². The molecule has 0 radical (unpaired) electrons. The molecule has 1 fully saturated rings. The van der Waals surface area contributed by atoms with Crippen molar-refractivity contribution in [1.29, 1.82) is 0 Å². The lowest BCUT2D eigenvalue weighted by molar-refractivity contribution is 0.211. The molecule has 0 amide bonds. The highest BCUT2D eigenvalue weighted by molar-refractivity contribution is 9.10. The second-order valence-electron chi connectivity index (χ2n) is 5.43. The van der Waals surface area contributed by atoms with E-state index in [0.717, 1.165) is 12.8 Å².